The van der Waals surface area contributed by atoms with Gasteiger partial charge >= 0.3 is 0 Å². The van der Waals surface area contributed by atoms with Crippen molar-refractivity contribution in [3.63, 3.8) is 0 Å². The normalized spacial score (nSPS) is 23.9. The Balaban J connectivity index is 1.35. The van der Waals surface area contributed by atoms with Crippen LogP contribution in [0.3, 0.4) is 0 Å². The van der Waals surface area contributed by atoms with Crippen LogP contribution in [0.25, 0.3) is 0 Å². The molecule has 0 N–H and O–H groups in total. The number of rotatable bonds is 10. The van der Waals surface area contributed by atoms with E-state index in [1.807, 2.05) is 0 Å². The van der Waals surface area contributed by atoms with Crippen LogP contribution in [0.1, 0.15) is 71.6 Å². The van der Waals surface area contributed by atoms with Gasteiger partial charge in [0, 0.05) is 8.80 Å². The molecule has 1 radical (unpaired) electrons. The standard InChI is InChI=1S/C25H39F2O2Si/c1-3-28-22-13-14-23(25(27)24(22)26)29-18-20-9-11-21(12-10-20)19(2)8-7-17-30-15-5-4-6-16-30/h13-14,19-21H,3-12,15-18H2,1-2H3. The van der Waals surface area contributed by atoms with Crippen LogP contribution in [0.15, 0.2) is 12.1 Å². The minimum atomic E-state index is -0.956. The summed E-state index contributed by atoms with van der Waals surface area (Å²) in [6.45, 7) is 4.96. The summed E-state index contributed by atoms with van der Waals surface area (Å²) in [6.07, 6.45) is 12.0. The van der Waals surface area contributed by atoms with Gasteiger partial charge in [-0.3, -0.25) is 0 Å². The molecule has 169 valence electrons. The Morgan fingerprint density at radius 1 is 0.967 bits per heavy atom. The van der Waals surface area contributed by atoms with Crippen LogP contribution in [0, 0.1) is 29.4 Å². The highest BCUT2D eigenvalue weighted by molar-refractivity contribution is 6.58. The summed E-state index contributed by atoms with van der Waals surface area (Å²) in [7, 11) is -0.00993. The van der Waals surface area contributed by atoms with Crippen molar-refractivity contribution in [2.24, 2.45) is 17.8 Å². The van der Waals surface area contributed by atoms with Gasteiger partial charge in [-0.2, -0.15) is 8.78 Å². The predicted octanol–water partition coefficient (Wildman–Crippen LogP) is 7.64. The number of ether oxygens (including phenoxy) is 2. The monoisotopic (exact) mass is 437 g/mol. The summed E-state index contributed by atoms with van der Waals surface area (Å²) in [5.41, 5.74) is 0. The largest absolute Gasteiger partial charge is 0.491 e. The van der Waals surface area contributed by atoms with Crippen molar-refractivity contribution in [3.8, 4) is 11.5 Å². The molecule has 1 aromatic rings. The predicted molar refractivity (Wildman–Crippen MR) is 121 cm³/mol. The molecule has 0 bridgehead atoms. The molecule has 2 fully saturated rings. The van der Waals surface area contributed by atoms with Gasteiger partial charge in [0.15, 0.2) is 11.5 Å². The van der Waals surface area contributed by atoms with Crippen LogP contribution in [0.2, 0.25) is 18.1 Å². The fraction of sp³-hybridized carbons (Fsp3) is 0.760. The van der Waals surface area contributed by atoms with Gasteiger partial charge in [0.1, 0.15) is 0 Å². The molecule has 2 aliphatic rings. The van der Waals surface area contributed by atoms with E-state index in [4.69, 9.17) is 9.47 Å². The lowest BCUT2D eigenvalue weighted by Crippen LogP contribution is -2.24. The van der Waals surface area contributed by atoms with Crippen LogP contribution in [-0.4, -0.2) is 22.0 Å². The van der Waals surface area contributed by atoms with E-state index in [1.165, 1.54) is 63.1 Å². The van der Waals surface area contributed by atoms with Crippen molar-refractivity contribution < 1.29 is 18.3 Å². The molecule has 1 aliphatic heterocycles. The maximum Gasteiger partial charge on any atom is 0.204 e. The van der Waals surface area contributed by atoms with Crippen molar-refractivity contribution in [2.75, 3.05) is 13.2 Å². The molecule has 0 aromatic heterocycles. The lowest BCUT2D eigenvalue weighted by Gasteiger charge is -2.32. The Kier molecular flexibility index (Phi) is 9.48. The second kappa shape index (κ2) is 12.1. The third-order valence-corrected chi connectivity index (χ3v) is 10.4. The average Bonchev–Trinajstić information content (AvgIpc) is 2.77. The van der Waals surface area contributed by atoms with Gasteiger partial charge in [-0.25, -0.2) is 0 Å². The van der Waals surface area contributed by atoms with E-state index >= 15 is 0 Å². The van der Waals surface area contributed by atoms with Gasteiger partial charge < -0.3 is 9.47 Å². The molecule has 0 amide bonds. The zero-order valence-electron chi connectivity index (χ0n) is 18.9. The van der Waals surface area contributed by atoms with E-state index in [2.05, 4.69) is 6.92 Å². The second-order valence-corrected chi connectivity index (χ2v) is 12.4. The van der Waals surface area contributed by atoms with Crippen molar-refractivity contribution in [3.05, 3.63) is 23.8 Å². The highest BCUT2D eigenvalue weighted by Crippen LogP contribution is 2.36. The second-order valence-electron chi connectivity index (χ2n) is 9.39. The molecular formula is C25H39F2O2Si. The molecule has 3 rings (SSSR count). The molecule has 1 heterocycles. The average molecular weight is 438 g/mol. The van der Waals surface area contributed by atoms with Gasteiger partial charge in [-0.05, 0) is 62.5 Å². The first-order chi connectivity index (χ1) is 14.6. The van der Waals surface area contributed by atoms with Gasteiger partial charge in [-0.1, -0.05) is 57.2 Å². The highest BCUT2D eigenvalue weighted by Gasteiger charge is 2.26. The third kappa shape index (κ3) is 6.70. The summed E-state index contributed by atoms with van der Waals surface area (Å²) in [5.74, 6) is 0.126. The van der Waals surface area contributed by atoms with Crippen molar-refractivity contribution >= 4 is 8.80 Å². The van der Waals surface area contributed by atoms with Crippen LogP contribution in [0.5, 0.6) is 11.5 Å². The first-order valence-corrected chi connectivity index (χ1v) is 14.3. The number of hydrogen-bond donors (Lipinski definition) is 0. The Bertz CT molecular complexity index is 640. The molecule has 1 unspecified atom stereocenters. The van der Waals surface area contributed by atoms with Crippen LogP contribution in [0.4, 0.5) is 8.78 Å². The topological polar surface area (TPSA) is 18.5 Å². The maximum atomic E-state index is 14.2. The summed E-state index contributed by atoms with van der Waals surface area (Å²) >= 11 is 0. The van der Waals surface area contributed by atoms with E-state index in [1.54, 1.807) is 19.0 Å². The van der Waals surface area contributed by atoms with E-state index in [-0.39, 0.29) is 20.3 Å². The molecule has 1 aliphatic carbocycles. The Morgan fingerprint density at radius 2 is 1.60 bits per heavy atom. The molecule has 1 saturated heterocycles. The fourth-order valence-electron chi connectivity index (χ4n) is 5.24. The lowest BCUT2D eigenvalue weighted by molar-refractivity contribution is 0.151. The van der Waals surface area contributed by atoms with Crippen LogP contribution in [-0.2, 0) is 0 Å². The minimum Gasteiger partial charge on any atom is -0.491 e. The molecule has 1 saturated carbocycles. The zero-order chi connectivity index (χ0) is 21.3. The molecular weight excluding hydrogens is 398 g/mol. The first-order valence-electron chi connectivity index (χ1n) is 12.2. The SMILES string of the molecule is CCOc1ccc(OCC2CCC(C(C)CCC[Si]3CCCCC3)CC2)c(F)c1F. The third-order valence-electron chi connectivity index (χ3n) is 7.23. The van der Waals surface area contributed by atoms with Gasteiger partial charge in [0.05, 0.1) is 13.2 Å². The van der Waals surface area contributed by atoms with E-state index in [0.29, 0.717) is 19.1 Å². The molecule has 1 atom stereocenters. The van der Waals surface area contributed by atoms with E-state index in [0.717, 1.165) is 24.7 Å². The number of benzene rings is 1. The summed E-state index contributed by atoms with van der Waals surface area (Å²) in [5, 5.41) is 0. The fourth-order valence-corrected chi connectivity index (χ4v) is 8.19. The van der Waals surface area contributed by atoms with Crippen molar-refractivity contribution in [2.45, 2.75) is 89.8 Å². The molecule has 0 spiro atoms. The Labute approximate surface area is 183 Å². The maximum absolute atomic E-state index is 14.2. The summed E-state index contributed by atoms with van der Waals surface area (Å²) < 4.78 is 38.9. The van der Waals surface area contributed by atoms with E-state index in [9.17, 15) is 8.78 Å². The Hall–Kier alpha value is -1.10. The van der Waals surface area contributed by atoms with Gasteiger partial charge in [0.2, 0.25) is 11.6 Å². The number of hydrogen-bond acceptors (Lipinski definition) is 2. The first kappa shape index (κ1) is 23.6. The smallest absolute Gasteiger partial charge is 0.204 e. The van der Waals surface area contributed by atoms with Crippen LogP contribution < -0.4 is 9.47 Å². The minimum absolute atomic E-state index is 0.00258. The molecule has 1 aromatic carbocycles. The van der Waals surface area contributed by atoms with E-state index < -0.39 is 11.6 Å². The van der Waals surface area contributed by atoms with Crippen molar-refractivity contribution in [1.29, 1.82) is 0 Å². The molecule has 30 heavy (non-hydrogen) atoms. The summed E-state index contributed by atoms with van der Waals surface area (Å²) in [4.78, 5) is 0. The quantitative estimate of drug-likeness (QED) is 0.350. The van der Waals surface area contributed by atoms with Gasteiger partial charge in [-0.15, -0.1) is 0 Å². The Morgan fingerprint density at radius 3 is 2.23 bits per heavy atom. The highest BCUT2D eigenvalue weighted by atomic mass is 28.3. The lowest BCUT2D eigenvalue weighted by atomic mass is 9.75. The molecule has 2 nitrogen and oxygen atoms in total. The van der Waals surface area contributed by atoms with Crippen LogP contribution >= 0.6 is 0 Å². The van der Waals surface area contributed by atoms with Gasteiger partial charge in [0.25, 0.3) is 0 Å². The van der Waals surface area contributed by atoms with Crippen molar-refractivity contribution in [1.82, 2.24) is 0 Å². The summed E-state index contributed by atoms with van der Waals surface area (Å²) in [6, 6.07) is 7.57. The number of halogens is 2. The molecule has 5 heteroatoms. The zero-order valence-corrected chi connectivity index (χ0v) is 19.9.